The van der Waals surface area contributed by atoms with Gasteiger partial charge in [-0.25, -0.2) is 0 Å². The van der Waals surface area contributed by atoms with Crippen molar-refractivity contribution >= 4 is 11.8 Å². The van der Waals surface area contributed by atoms with Crippen molar-refractivity contribution in [2.45, 2.75) is 44.2 Å². The number of piperidine rings is 1. The summed E-state index contributed by atoms with van der Waals surface area (Å²) in [5.41, 5.74) is 6.68. The van der Waals surface area contributed by atoms with Crippen molar-refractivity contribution in [3.8, 4) is 0 Å². The Labute approximate surface area is 137 Å². The Kier molecular flexibility index (Phi) is 4.96. The first-order chi connectivity index (χ1) is 11.2. The van der Waals surface area contributed by atoms with E-state index in [1.807, 2.05) is 30.3 Å². The number of carbonyl (C=O) groups is 2. The normalized spacial score (nSPS) is 20.9. The summed E-state index contributed by atoms with van der Waals surface area (Å²) in [4.78, 5) is 27.0. The summed E-state index contributed by atoms with van der Waals surface area (Å²) in [6.45, 7) is 1.09. The molecule has 3 N–H and O–H groups in total. The molecule has 5 heteroatoms. The van der Waals surface area contributed by atoms with E-state index in [0.717, 1.165) is 31.2 Å². The Hall–Kier alpha value is -1.88. The van der Waals surface area contributed by atoms with Gasteiger partial charge in [-0.2, -0.15) is 0 Å². The second kappa shape index (κ2) is 7.13. The molecule has 23 heavy (non-hydrogen) atoms. The molecule has 1 heterocycles. The minimum Gasteiger partial charge on any atom is -0.350 e. The second-order valence-corrected chi connectivity index (χ2v) is 6.55. The fourth-order valence-corrected chi connectivity index (χ4v) is 3.34. The van der Waals surface area contributed by atoms with E-state index in [9.17, 15) is 9.59 Å². The largest absolute Gasteiger partial charge is 0.350 e. The second-order valence-electron chi connectivity index (χ2n) is 6.55. The first-order valence-corrected chi connectivity index (χ1v) is 8.55. The molecular weight excluding hydrogens is 290 g/mol. The third kappa shape index (κ3) is 3.72. The molecule has 5 nitrogen and oxygen atoms in total. The highest BCUT2D eigenvalue weighted by molar-refractivity contribution is 5.89. The van der Waals surface area contributed by atoms with Crippen LogP contribution < -0.4 is 11.1 Å². The number of amides is 2. The molecule has 1 aliphatic heterocycles. The molecule has 0 spiro atoms. The van der Waals surface area contributed by atoms with Crippen molar-refractivity contribution < 1.29 is 9.59 Å². The van der Waals surface area contributed by atoms with E-state index in [4.69, 9.17) is 5.73 Å². The van der Waals surface area contributed by atoms with Crippen molar-refractivity contribution in [3.05, 3.63) is 35.9 Å². The molecule has 0 bridgehead atoms. The topological polar surface area (TPSA) is 75.4 Å². The minimum absolute atomic E-state index is 0.0219. The van der Waals surface area contributed by atoms with Crippen molar-refractivity contribution in [2.24, 2.45) is 11.7 Å². The van der Waals surface area contributed by atoms with E-state index in [1.165, 1.54) is 0 Å². The number of benzene rings is 1. The van der Waals surface area contributed by atoms with Crippen LogP contribution in [0.25, 0.3) is 0 Å². The van der Waals surface area contributed by atoms with Gasteiger partial charge in [-0.05, 0) is 37.2 Å². The SMILES string of the molecule is NCC(NC(=O)C(c1ccccc1)N1CCCCC1=O)C1CC1. The maximum Gasteiger partial charge on any atom is 0.247 e. The monoisotopic (exact) mass is 315 g/mol. The van der Waals surface area contributed by atoms with Gasteiger partial charge in [0.05, 0.1) is 0 Å². The lowest BCUT2D eigenvalue weighted by Crippen LogP contribution is -2.50. The molecule has 1 aromatic carbocycles. The zero-order chi connectivity index (χ0) is 16.2. The summed E-state index contributed by atoms with van der Waals surface area (Å²) in [5, 5.41) is 3.09. The van der Waals surface area contributed by atoms with Gasteiger partial charge in [0.15, 0.2) is 0 Å². The molecule has 124 valence electrons. The van der Waals surface area contributed by atoms with Crippen LogP contribution in [0, 0.1) is 5.92 Å². The van der Waals surface area contributed by atoms with Gasteiger partial charge < -0.3 is 16.0 Å². The van der Waals surface area contributed by atoms with E-state index in [1.54, 1.807) is 4.90 Å². The van der Waals surface area contributed by atoms with Gasteiger partial charge in [0.25, 0.3) is 0 Å². The van der Waals surface area contributed by atoms with Gasteiger partial charge in [0, 0.05) is 25.6 Å². The van der Waals surface area contributed by atoms with E-state index < -0.39 is 6.04 Å². The molecule has 2 amide bonds. The number of rotatable bonds is 6. The van der Waals surface area contributed by atoms with Crippen LogP contribution in [0.5, 0.6) is 0 Å². The van der Waals surface area contributed by atoms with Gasteiger partial charge >= 0.3 is 0 Å². The lowest BCUT2D eigenvalue weighted by atomic mass is 10.00. The van der Waals surface area contributed by atoms with Crippen LogP contribution in [-0.2, 0) is 9.59 Å². The van der Waals surface area contributed by atoms with Crippen LogP contribution in [0.15, 0.2) is 30.3 Å². The van der Waals surface area contributed by atoms with Crippen molar-refractivity contribution in [3.63, 3.8) is 0 Å². The molecule has 2 fully saturated rings. The lowest BCUT2D eigenvalue weighted by Gasteiger charge is -2.35. The fraction of sp³-hybridized carbons (Fsp3) is 0.556. The fourth-order valence-electron chi connectivity index (χ4n) is 3.34. The number of carbonyl (C=O) groups excluding carboxylic acids is 2. The summed E-state index contributed by atoms with van der Waals surface area (Å²) in [5.74, 6) is 0.460. The Balaban J connectivity index is 1.82. The molecule has 0 radical (unpaired) electrons. The van der Waals surface area contributed by atoms with Crippen molar-refractivity contribution in [1.82, 2.24) is 10.2 Å². The van der Waals surface area contributed by atoms with E-state index in [0.29, 0.717) is 25.4 Å². The third-order valence-corrected chi connectivity index (χ3v) is 4.81. The number of likely N-dealkylation sites (tertiary alicyclic amines) is 1. The van der Waals surface area contributed by atoms with E-state index in [2.05, 4.69) is 5.32 Å². The Bertz CT molecular complexity index is 557. The molecular formula is C18H25N3O2. The average molecular weight is 315 g/mol. The number of nitrogens with zero attached hydrogens (tertiary/aromatic N) is 1. The van der Waals surface area contributed by atoms with Crippen LogP contribution in [0.2, 0.25) is 0 Å². The van der Waals surface area contributed by atoms with Gasteiger partial charge in [-0.15, -0.1) is 0 Å². The molecule has 1 aliphatic carbocycles. The Morgan fingerprint density at radius 2 is 2.00 bits per heavy atom. The lowest BCUT2D eigenvalue weighted by molar-refractivity contribution is -0.143. The average Bonchev–Trinajstić information content (AvgIpc) is 3.40. The zero-order valence-corrected chi connectivity index (χ0v) is 13.4. The highest BCUT2D eigenvalue weighted by atomic mass is 16.2. The van der Waals surface area contributed by atoms with Gasteiger partial charge in [0.2, 0.25) is 11.8 Å². The Morgan fingerprint density at radius 1 is 1.26 bits per heavy atom. The van der Waals surface area contributed by atoms with E-state index in [-0.39, 0.29) is 17.9 Å². The number of nitrogens with one attached hydrogen (secondary N) is 1. The first-order valence-electron chi connectivity index (χ1n) is 8.55. The molecule has 2 unspecified atom stereocenters. The molecule has 1 aromatic rings. The summed E-state index contributed by atoms with van der Waals surface area (Å²) < 4.78 is 0. The molecule has 0 aromatic heterocycles. The van der Waals surface area contributed by atoms with Crippen LogP contribution in [-0.4, -0.2) is 35.8 Å². The smallest absolute Gasteiger partial charge is 0.247 e. The molecule has 3 rings (SSSR count). The van der Waals surface area contributed by atoms with Gasteiger partial charge in [0.1, 0.15) is 6.04 Å². The van der Waals surface area contributed by atoms with Crippen molar-refractivity contribution in [1.29, 1.82) is 0 Å². The van der Waals surface area contributed by atoms with Crippen LogP contribution >= 0.6 is 0 Å². The highest BCUT2D eigenvalue weighted by Gasteiger charge is 2.36. The van der Waals surface area contributed by atoms with Crippen LogP contribution in [0.1, 0.15) is 43.7 Å². The summed E-state index contributed by atoms with van der Waals surface area (Å²) in [6.07, 6.45) is 4.64. The van der Waals surface area contributed by atoms with Crippen molar-refractivity contribution in [2.75, 3.05) is 13.1 Å². The summed E-state index contributed by atoms with van der Waals surface area (Å²) in [6, 6.07) is 9.05. The number of hydrogen-bond donors (Lipinski definition) is 2. The quantitative estimate of drug-likeness (QED) is 0.837. The van der Waals surface area contributed by atoms with E-state index >= 15 is 0 Å². The summed E-state index contributed by atoms with van der Waals surface area (Å²) in [7, 11) is 0. The predicted octanol–water partition coefficient (Wildman–Crippen LogP) is 1.59. The van der Waals surface area contributed by atoms with Gasteiger partial charge in [-0.3, -0.25) is 9.59 Å². The Morgan fingerprint density at radius 3 is 2.61 bits per heavy atom. The standard InChI is InChI=1S/C18H25N3O2/c19-12-15(13-9-10-13)20-18(23)17(14-6-2-1-3-7-14)21-11-5-4-8-16(21)22/h1-3,6-7,13,15,17H,4-5,8-12,19H2,(H,20,23). The molecule has 2 atom stereocenters. The summed E-state index contributed by atoms with van der Waals surface area (Å²) >= 11 is 0. The highest BCUT2D eigenvalue weighted by Crippen LogP contribution is 2.33. The maximum absolute atomic E-state index is 12.9. The molecule has 1 saturated heterocycles. The van der Waals surface area contributed by atoms with Gasteiger partial charge in [-0.1, -0.05) is 30.3 Å². The third-order valence-electron chi connectivity index (χ3n) is 4.81. The molecule has 2 aliphatic rings. The maximum atomic E-state index is 12.9. The predicted molar refractivity (Wildman–Crippen MR) is 88.5 cm³/mol. The number of nitrogens with two attached hydrogens (primary N) is 1. The minimum atomic E-state index is -0.545. The number of hydrogen-bond acceptors (Lipinski definition) is 3. The van der Waals surface area contributed by atoms with Crippen LogP contribution in [0.4, 0.5) is 0 Å². The van der Waals surface area contributed by atoms with Crippen LogP contribution in [0.3, 0.4) is 0 Å². The first kappa shape index (κ1) is 16.0. The molecule has 1 saturated carbocycles. The zero-order valence-electron chi connectivity index (χ0n) is 13.4.